The van der Waals surface area contributed by atoms with Gasteiger partial charge in [0.05, 0.1) is 5.52 Å². The molecule has 0 spiro atoms. The lowest BCUT2D eigenvalue weighted by molar-refractivity contribution is 1.20. The van der Waals surface area contributed by atoms with E-state index in [4.69, 9.17) is 0 Å². The standard InChI is InChI=1S/C14H11N3/c1-10-4-5-13-12(7-10)9-16-14(17-13)11-3-2-6-15-8-11/h2-9H,1H3. The highest BCUT2D eigenvalue weighted by Crippen LogP contribution is 2.18. The zero-order valence-electron chi connectivity index (χ0n) is 9.46. The van der Waals surface area contributed by atoms with E-state index in [1.807, 2.05) is 24.4 Å². The first-order chi connectivity index (χ1) is 8.33. The van der Waals surface area contributed by atoms with Crippen molar-refractivity contribution in [1.29, 1.82) is 0 Å². The molecule has 0 aliphatic heterocycles. The zero-order valence-corrected chi connectivity index (χ0v) is 9.46. The van der Waals surface area contributed by atoms with Crippen molar-refractivity contribution in [2.45, 2.75) is 6.92 Å². The molecule has 0 amide bonds. The molecule has 3 rings (SSSR count). The van der Waals surface area contributed by atoms with Gasteiger partial charge >= 0.3 is 0 Å². The minimum absolute atomic E-state index is 0.717. The van der Waals surface area contributed by atoms with Crippen LogP contribution in [0.2, 0.25) is 0 Å². The quantitative estimate of drug-likeness (QED) is 0.634. The third kappa shape index (κ3) is 1.87. The second-order valence-electron chi connectivity index (χ2n) is 4.00. The summed E-state index contributed by atoms with van der Waals surface area (Å²) in [5.74, 6) is 0.717. The lowest BCUT2D eigenvalue weighted by atomic mass is 10.1. The second kappa shape index (κ2) is 3.94. The summed E-state index contributed by atoms with van der Waals surface area (Å²) in [4.78, 5) is 13.0. The average molecular weight is 221 g/mol. The fourth-order valence-corrected chi connectivity index (χ4v) is 1.79. The Kier molecular flexibility index (Phi) is 2.29. The van der Waals surface area contributed by atoms with Crippen LogP contribution in [0.5, 0.6) is 0 Å². The molecule has 0 saturated heterocycles. The minimum Gasteiger partial charge on any atom is -0.264 e. The van der Waals surface area contributed by atoms with Gasteiger partial charge in [-0.25, -0.2) is 9.97 Å². The molecular formula is C14H11N3. The summed E-state index contributed by atoms with van der Waals surface area (Å²) < 4.78 is 0. The van der Waals surface area contributed by atoms with E-state index in [-0.39, 0.29) is 0 Å². The van der Waals surface area contributed by atoms with Gasteiger partial charge in [0.1, 0.15) is 0 Å². The molecule has 1 aromatic carbocycles. The number of aromatic nitrogens is 3. The van der Waals surface area contributed by atoms with Crippen molar-refractivity contribution >= 4 is 10.9 Å². The molecule has 3 heteroatoms. The van der Waals surface area contributed by atoms with Crippen LogP contribution >= 0.6 is 0 Å². The molecule has 82 valence electrons. The van der Waals surface area contributed by atoms with Crippen molar-refractivity contribution in [1.82, 2.24) is 15.0 Å². The second-order valence-corrected chi connectivity index (χ2v) is 4.00. The van der Waals surface area contributed by atoms with Gasteiger partial charge in [-0.2, -0.15) is 0 Å². The van der Waals surface area contributed by atoms with Gasteiger partial charge in [0.25, 0.3) is 0 Å². The van der Waals surface area contributed by atoms with Gasteiger partial charge in [0.15, 0.2) is 5.82 Å². The third-order valence-electron chi connectivity index (χ3n) is 2.66. The molecule has 0 radical (unpaired) electrons. The van der Waals surface area contributed by atoms with E-state index in [2.05, 4.69) is 34.0 Å². The maximum atomic E-state index is 4.54. The van der Waals surface area contributed by atoms with E-state index in [1.54, 1.807) is 12.4 Å². The summed E-state index contributed by atoms with van der Waals surface area (Å²) in [6.45, 7) is 2.06. The molecule has 2 heterocycles. The zero-order chi connectivity index (χ0) is 11.7. The average Bonchev–Trinajstić information content (AvgIpc) is 2.39. The Bertz CT molecular complexity index is 663. The first kappa shape index (κ1) is 9.90. The smallest absolute Gasteiger partial charge is 0.161 e. The molecule has 3 nitrogen and oxygen atoms in total. The molecule has 0 saturated carbocycles. The Morgan fingerprint density at radius 2 is 2.00 bits per heavy atom. The number of aryl methyl sites for hydroxylation is 1. The van der Waals surface area contributed by atoms with Crippen LogP contribution in [0.4, 0.5) is 0 Å². The summed E-state index contributed by atoms with van der Waals surface area (Å²) in [6.07, 6.45) is 5.38. The van der Waals surface area contributed by atoms with Gasteiger partial charge in [0.2, 0.25) is 0 Å². The van der Waals surface area contributed by atoms with Crippen molar-refractivity contribution in [3.05, 3.63) is 54.5 Å². The summed E-state index contributed by atoms with van der Waals surface area (Å²) in [7, 11) is 0. The van der Waals surface area contributed by atoms with Crippen LogP contribution in [0.15, 0.2) is 48.9 Å². The third-order valence-corrected chi connectivity index (χ3v) is 2.66. The highest BCUT2D eigenvalue weighted by Gasteiger charge is 2.02. The van der Waals surface area contributed by atoms with Crippen LogP contribution in [0.25, 0.3) is 22.3 Å². The summed E-state index contributed by atoms with van der Waals surface area (Å²) in [5, 5.41) is 1.07. The molecule has 0 N–H and O–H groups in total. The fourth-order valence-electron chi connectivity index (χ4n) is 1.79. The van der Waals surface area contributed by atoms with Crippen LogP contribution < -0.4 is 0 Å². The van der Waals surface area contributed by atoms with Crippen molar-refractivity contribution < 1.29 is 0 Å². The molecule has 0 aliphatic rings. The molecule has 0 atom stereocenters. The number of fused-ring (bicyclic) bond motifs is 1. The van der Waals surface area contributed by atoms with Gasteiger partial charge in [-0.15, -0.1) is 0 Å². The predicted molar refractivity (Wildman–Crippen MR) is 67.5 cm³/mol. The van der Waals surface area contributed by atoms with Crippen LogP contribution in [0.1, 0.15) is 5.56 Å². The van der Waals surface area contributed by atoms with E-state index in [1.165, 1.54) is 5.56 Å². The number of hydrogen-bond acceptors (Lipinski definition) is 3. The summed E-state index contributed by atoms with van der Waals surface area (Å²) in [6, 6.07) is 10.0. The van der Waals surface area contributed by atoms with E-state index in [9.17, 15) is 0 Å². The first-order valence-electron chi connectivity index (χ1n) is 5.47. The topological polar surface area (TPSA) is 38.7 Å². The Morgan fingerprint density at radius 3 is 2.82 bits per heavy atom. The lowest BCUT2D eigenvalue weighted by Crippen LogP contribution is -1.90. The van der Waals surface area contributed by atoms with Crippen LogP contribution in [-0.2, 0) is 0 Å². The monoisotopic (exact) mass is 221 g/mol. The van der Waals surface area contributed by atoms with Gasteiger partial charge in [-0.05, 0) is 31.2 Å². The molecule has 17 heavy (non-hydrogen) atoms. The number of pyridine rings is 1. The fraction of sp³-hybridized carbons (Fsp3) is 0.0714. The SMILES string of the molecule is Cc1ccc2nc(-c3cccnc3)ncc2c1. The number of rotatable bonds is 1. The van der Waals surface area contributed by atoms with Crippen LogP contribution in [0, 0.1) is 6.92 Å². The Hall–Kier alpha value is -2.29. The largest absolute Gasteiger partial charge is 0.264 e. The number of hydrogen-bond donors (Lipinski definition) is 0. The molecule has 3 aromatic rings. The van der Waals surface area contributed by atoms with Gasteiger partial charge in [-0.3, -0.25) is 4.98 Å². The molecule has 2 aromatic heterocycles. The van der Waals surface area contributed by atoms with Gasteiger partial charge < -0.3 is 0 Å². The van der Waals surface area contributed by atoms with Crippen molar-refractivity contribution in [2.24, 2.45) is 0 Å². The molecule has 0 fully saturated rings. The van der Waals surface area contributed by atoms with Crippen LogP contribution in [0.3, 0.4) is 0 Å². The highest BCUT2D eigenvalue weighted by molar-refractivity contribution is 5.80. The number of nitrogens with zero attached hydrogens (tertiary/aromatic N) is 3. The van der Waals surface area contributed by atoms with Gasteiger partial charge in [-0.1, -0.05) is 11.6 Å². The van der Waals surface area contributed by atoms with Gasteiger partial charge in [0, 0.05) is 29.5 Å². The van der Waals surface area contributed by atoms with E-state index >= 15 is 0 Å². The molecule has 0 unspecified atom stereocenters. The van der Waals surface area contributed by atoms with E-state index < -0.39 is 0 Å². The maximum absolute atomic E-state index is 4.54. The Labute approximate surface area is 99.2 Å². The summed E-state index contributed by atoms with van der Waals surface area (Å²) in [5.41, 5.74) is 3.12. The highest BCUT2D eigenvalue weighted by atomic mass is 14.9. The number of benzene rings is 1. The predicted octanol–water partition coefficient (Wildman–Crippen LogP) is 3.00. The van der Waals surface area contributed by atoms with Crippen LogP contribution in [-0.4, -0.2) is 15.0 Å². The summed E-state index contributed by atoms with van der Waals surface area (Å²) >= 11 is 0. The van der Waals surface area contributed by atoms with E-state index in [0.29, 0.717) is 0 Å². The normalized spacial score (nSPS) is 10.6. The van der Waals surface area contributed by atoms with Crippen molar-refractivity contribution in [3.63, 3.8) is 0 Å². The Balaban J connectivity index is 2.17. The minimum atomic E-state index is 0.717. The van der Waals surface area contributed by atoms with Crippen molar-refractivity contribution in [3.8, 4) is 11.4 Å². The molecule has 0 aliphatic carbocycles. The molecular weight excluding hydrogens is 210 g/mol. The Morgan fingerprint density at radius 1 is 1.06 bits per heavy atom. The van der Waals surface area contributed by atoms with Crippen molar-refractivity contribution in [2.75, 3.05) is 0 Å². The lowest BCUT2D eigenvalue weighted by Gasteiger charge is -2.02. The first-order valence-corrected chi connectivity index (χ1v) is 5.47. The van der Waals surface area contributed by atoms with E-state index in [0.717, 1.165) is 22.3 Å². The maximum Gasteiger partial charge on any atom is 0.161 e. The molecule has 0 bridgehead atoms.